The zero-order valence-corrected chi connectivity index (χ0v) is 19.9. The van der Waals surface area contributed by atoms with Crippen LogP contribution in [0.2, 0.25) is 0 Å². The zero-order valence-electron chi connectivity index (χ0n) is 19.1. The van der Waals surface area contributed by atoms with Crippen molar-refractivity contribution in [3.05, 3.63) is 76.3 Å². The fourth-order valence-electron chi connectivity index (χ4n) is 3.37. The van der Waals surface area contributed by atoms with Crippen LogP contribution in [0.1, 0.15) is 49.1 Å². The van der Waals surface area contributed by atoms with E-state index in [1.165, 1.54) is 31.2 Å². The van der Waals surface area contributed by atoms with Gasteiger partial charge in [-0.15, -0.1) is 11.3 Å². The van der Waals surface area contributed by atoms with Crippen LogP contribution < -0.4 is 10.2 Å². The van der Waals surface area contributed by atoms with Gasteiger partial charge >= 0.3 is 6.18 Å². The maximum absolute atomic E-state index is 13.1. The van der Waals surface area contributed by atoms with Gasteiger partial charge in [0.1, 0.15) is 0 Å². The molecule has 34 heavy (non-hydrogen) atoms. The number of rotatable bonds is 6. The van der Waals surface area contributed by atoms with Crippen LogP contribution in [0.3, 0.4) is 0 Å². The minimum atomic E-state index is -4.53. The molecular weight excluding hydrogens is 463 g/mol. The lowest BCUT2D eigenvalue weighted by Gasteiger charge is -2.19. The van der Waals surface area contributed by atoms with Crippen LogP contribution >= 0.6 is 11.3 Å². The number of benzene rings is 2. The van der Waals surface area contributed by atoms with Crippen LogP contribution in [0.5, 0.6) is 0 Å². The quantitative estimate of drug-likeness (QED) is 0.384. The van der Waals surface area contributed by atoms with Gasteiger partial charge in [-0.3, -0.25) is 14.5 Å². The van der Waals surface area contributed by atoms with Crippen molar-refractivity contribution in [3.63, 3.8) is 0 Å². The second-order valence-corrected chi connectivity index (χ2v) is 8.81. The molecule has 0 spiro atoms. The van der Waals surface area contributed by atoms with E-state index in [4.69, 9.17) is 0 Å². The van der Waals surface area contributed by atoms with E-state index in [1.54, 1.807) is 5.38 Å². The molecule has 0 aliphatic carbocycles. The smallest absolute Gasteiger partial charge is 0.322 e. The maximum atomic E-state index is 13.1. The Balaban J connectivity index is 1.81. The monoisotopic (exact) mass is 487 g/mol. The molecule has 5 nitrogen and oxygen atoms in total. The molecule has 1 N–H and O–H groups in total. The molecule has 2 aromatic carbocycles. The Kier molecular flexibility index (Phi) is 7.56. The summed E-state index contributed by atoms with van der Waals surface area (Å²) in [6.45, 7) is 7.26. The molecule has 2 amide bonds. The second-order valence-electron chi connectivity index (χ2n) is 7.97. The highest BCUT2D eigenvalue weighted by molar-refractivity contribution is 7.14. The van der Waals surface area contributed by atoms with Gasteiger partial charge in [-0.2, -0.15) is 13.2 Å². The highest BCUT2D eigenvalue weighted by Gasteiger charge is 2.31. The van der Waals surface area contributed by atoms with Crippen molar-refractivity contribution in [3.8, 4) is 0 Å². The molecule has 0 fully saturated rings. The Morgan fingerprint density at radius 2 is 1.85 bits per heavy atom. The van der Waals surface area contributed by atoms with Crippen LogP contribution in [0.25, 0.3) is 6.08 Å². The van der Waals surface area contributed by atoms with Crippen molar-refractivity contribution >= 4 is 45.7 Å². The summed E-state index contributed by atoms with van der Waals surface area (Å²) in [5.74, 6) is -0.594. The third kappa shape index (κ3) is 5.91. The summed E-state index contributed by atoms with van der Waals surface area (Å²) in [4.78, 5) is 30.2. The van der Waals surface area contributed by atoms with Crippen LogP contribution in [-0.2, 0) is 15.8 Å². The van der Waals surface area contributed by atoms with Crippen molar-refractivity contribution in [1.82, 2.24) is 4.98 Å². The number of amides is 2. The van der Waals surface area contributed by atoms with E-state index in [1.807, 2.05) is 39.0 Å². The van der Waals surface area contributed by atoms with Crippen molar-refractivity contribution in [2.75, 3.05) is 10.2 Å². The summed E-state index contributed by atoms with van der Waals surface area (Å²) in [6.07, 6.45) is -1.71. The second kappa shape index (κ2) is 10.2. The van der Waals surface area contributed by atoms with Gasteiger partial charge in [0, 0.05) is 24.1 Å². The van der Waals surface area contributed by atoms with Crippen molar-refractivity contribution in [2.24, 2.45) is 0 Å². The lowest BCUT2D eigenvalue weighted by Crippen LogP contribution is -2.23. The summed E-state index contributed by atoms with van der Waals surface area (Å²) in [6, 6.07) is 10.3. The van der Waals surface area contributed by atoms with Crippen LogP contribution in [-0.4, -0.2) is 16.8 Å². The van der Waals surface area contributed by atoms with E-state index < -0.39 is 17.6 Å². The average Bonchev–Trinajstić information content (AvgIpc) is 3.21. The number of alkyl halides is 3. The number of para-hydroxylation sites is 1. The van der Waals surface area contributed by atoms with Gasteiger partial charge in [0.05, 0.1) is 16.9 Å². The van der Waals surface area contributed by atoms with Gasteiger partial charge < -0.3 is 5.32 Å². The Labute approximate surface area is 199 Å². The molecule has 0 unspecified atom stereocenters. The predicted octanol–water partition coefficient (Wildman–Crippen LogP) is 6.93. The molecule has 0 aliphatic rings. The number of thiazole rings is 1. The molecule has 0 saturated heterocycles. The molecule has 3 rings (SSSR count). The summed E-state index contributed by atoms with van der Waals surface area (Å²) in [5.41, 5.74) is 2.34. The van der Waals surface area contributed by atoms with E-state index in [-0.39, 0.29) is 22.6 Å². The number of hydrogen-bond acceptors (Lipinski definition) is 4. The van der Waals surface area contributed by atoms with Gasteiger partial charge in [-0.25, -0.2) is 4.98 Å². The first-order valence-corrected chi connectivity index (χ1v) is 11.4. The van der Waals surface area contributed by atoms with Gasteiger partial charge in [0.2, 0.25) is 11.8 Å². The number of anilines is 3. The lowest BCUT2D eigenvalue weighted by molar-refractivity contribution is -0.137. The summed E-state index contributed by atoms with van der Waals surface area (Å²) >= 11 is 1.09. The minimum Gasteiger partial charge on any atom is -0.322 e. The minimum absolute atomic E-state index is 0.0608. The van der Waals surface area contributed by atoms with Crippen LogP contribution in [0.15, 0.2) is 53.9 Å². The normalized spacial score (nSPS) is 11.8. The Hall–Kier alpha value is -3.46. The third-order valence-corrected chi connectivity index (χ3v) is 5.87. The molecule has 0 radical (unpaired) electrons. The first kappa shape index (κ1) is 25.2. The lowest BCUT2D eigenvalue weighted by atomic mass is 9.98. The number of carbonyl (C=O) groups excluding carboxylic acids is 2. The van der Waals surface area contributed by atoms with E-state index in [2.05, 4.69) is 10.3 Å². The standard InChI is InChI=1S/C25H24F3N3O2S/c1-15(2)21-10-5-7-16(3)23(21)30-22(33)12-11-19-14-34-24(29-19)31(17(4)32)20-9-6-8-18(13-20)25(26,27)28/h5-15H,1-4H3,(H,30,33)/b12-11+. The van der Waals surface area contributed by atoms with Crippen molar-refractivity contribution in [1.29, 1.82) is 0 Å². The van der Waals surface area contributed by atoms with E-state index in [9.17, 15) is 22.8 Å². The van der Waals surface area contributed by atoms with Gasteiger partial charge in [0.25, 0.3) is 0 Å². The number of nitrogens with zero attached hydrogens (tertiary/aromatic N) is 2. The SMILES string of the molecule is CC(=O)N(c1cccc(C(F)(F)F)c1)c1nc(/C=C/C(=O)Nc2c(C)cccc2C(C)C)cs1. The number of hydrogen-bond donors (Lipinski definition) is 1. The largest absolute Gasteiger partial charge is 0.416 e. The molecular formula is C25H24F3N3O2S. The van der Waals surface area contributed by atoms with Crippen molar-refractivity contribution in [2.45, 2.75) is 39.8 Å². The molecule has 9 heteroatoms. The molecule has 0 bridgehead atoms. The van der Waals surface area contributed by atoms with Gasteiger partial charge in [-0.1, -0.05) is 38.1 Å². The number of nitrogens with one attached hydrogen (secondary N) is 1. The Morgan fingerprint density at radius 1 is 1.15 bits per heavy atom. The summed E-state index contributed by atoms with van der Waals surface area (Å²) in [5, 5.41) is 4.73. The van der Waals surface area contributed by atoms with E-state index in [0.717, 1.165) is 45.2 Å². The molecule has 1 aromatic heterocycles. The molecule has 3 aromatic rings. The topological polar surface area (TPSA) is 62.3 Å². The van der Waals surface area contributed by atoms with Gasteiger partial charge in [0.15, 0.2) is 5.13 Å². The van der Waals surface area contributed by atoms with E-state index in [0.29, 0.717) is 5.69 Å². The number of aryl methyl sites for hydroxylation is 1. The number of aromatic nitrogens is 1. The molecule has 0 saturated carbocycles. The Morgan fingerprint density at radius 3 is 2.50 bits per heavy atom. The molecule has 178 valence electrons. The fraction of sp³-hybridized carbons (Fsp3) is 0.240. The van der Waals surface area contributed by atoms with Crippen LogP contribution in [0.4, 0.5) is 29.7 Å². The zero-order chi connectivity index (χ0) is 25.0. The number of halogens is 3. The summed E-state index contributed by atoms with van der Waals surface area (Å²) < 4.78 is 39.3. The Bertz CT molecular complexity index is 1230. The molecule has 1 heterocycles. The van der Waals surface area contributed by atoms with E-state index >= 15 is 0 Å². The molecule has 0 atom stereocenters. The first-order valence-electron chi connectivity index (χ1n) is 10.5. The van der Waals surface area contributed by atoms with Crippen molar-refractivity contribution < 1.29 is 22.8 Å². The van der Waals surface area contributed by atoms with Gasteiger partial charge in [-0.05, 0) is 48.2 Å². The highest BCUT2D eigenvalue weighted by atomic mass is 32.1. The number of carbonyl (C=O) groups is 2. The maximum Gasteiger partial charge on any atom is 0.416 e. The molecule has 0 aliphatic heterocycles. The first-order chi connectivity index (χ1) is 16.0. The van der Waals surface area contributed by atoms with Crippen LogP contribution in [0, 0.1) is 6.92 Å². The average molecular weight is 488 g/mol. The fourth-order valence-corrected chi connectivity index (χ4v) is 4.23. The predicted molar refractivity (Wildman–Crippen MR) is 129 cm³/mol. The summed E-state index contributed by atoms with van der Waals surface area (Å²) in [7, 11) is 0. The third-order valence-electron chi connectivity index (χ3n) is 5.03. The highest BCUT2D eigenvalue weighted by Crippen LogP contribution is 2.35.